The van der Waals surface area contributed by atoms with Gasteiger partial charge in [0.2, 0.25) is 0 Å². The molecule has 0 radical (unpaired) electrons. The summed E-state index contributed by atoms with van der Waals surface area (Å²) in [5, 5.41) is 5.30. The fourth-order valence-electron chi connectivity index (χ4n) is 3.78. The smallest absolute Gasteiger partial charge is 0.142 e. The van der Waals surface area contributed by atoms with Gasteiger partial charge in [0.15, 0.2) is 0 Å². The van der Waals surface area contributed by atoms with E-state index in [0.29, 0.717) is 0 Å². The van der Waals surface area contributed by atoms with E-state index in [0.717, 1.165) is 63.1 Å². The van der Waals surface area contributed by atoms with Crippen molar-refractivity contribution >= 4 is 17.0 Å². The van der Waals surface area contributed by atoms with Gasteiger partial charge >= 0.3 is 0 Å². The van der Waals surface area contributed by atoms with Crippen molar-refractivity contribution in [3.05, 3.63) is 89.3 Å². The van der Waals surface area contributed by atoms with E-state index in [9.17, 15) is 4.39 Å². The summed E-state index contributed by atoms with van der Waals surface area (Å²) in [4.78, 5) is 20.5. The first-order valence-corrected chi connectivity index (χ1v) is 11.3. The number of fused-ring (bicyclic) bond motifs is 1. The highest BCUT2D eigenvalue weighted by Crippen LogP contribution is 2.35. The van der Waals surface area contributed by atoms with Crippen molar-refractivity contribution in [1.82, 2.24) is 15.0 Å². The Bertz CT molecular complexity index is 1290. The summed E-state index contributed by atoms with van der Waals surface area (Å²) in [7, 11) is 0. The Balaban J connectivity index is 1.42. The molecule has 0 fully saturated rings. The minimum absolute atomic E-state index is 0.221. The average Bonchev–Trinajstić information content (AvgIpc) is 3.21. The monoisotopic (exact) mass is 444 g/mol. The lowest BCUT2D eigenvalue weighted by Crippen LogP contribution is -2.15. The zero-order valence-electron chi connectivity index (χ0n) is 17.6. The molecule has 3 heterocycles. The normalized spacial score (nSPS) is 14.4. The van der Waals surface area contributed by atoms with Crippen molar-refractivity contribution in [3.63, 3.8) is 0 Å². The van der Waals surface area contributed by atoms with Crippen LogP contribution in [0.25, 0.3) is 21.1 Å². The van der Waals surface area contributed by atoms with Crippen molar-refractivity contribution < 1.29 is 9.23 Å². The van der Waals surface area contributed by atoms with Gasteiger partial charge in [-0.15, -0.1) is 11.3 Å². The molecule has 7 heteroatoms. The van der Waals surface area contributed by atoms with E-state index in [1.165, 1.54) is 17.7 Å². The molecule has 1 aliphatic carbocycles. The Hall–Kier alpha value is -3.45. The predicted molar refractivity (Wildman–Crippen MR) is 124 cm³/mol. The van der Waals surface area contributed by atoms with E-state index in [1.807, 2.05) is 31.3 Å². The summed E-state index contributed by atoms with van der Waals surface area (Å²) in [6, 6.07) is 14.5. The first-order chi connectivity index (χ1) is 15.7. The van der Waals surface area contributed by atoms with Crippen molar-refractivity contribution in [2.24, 2.45) is 5.16 Å². The zero-order chi connectivity index (χ0) is 21.9. The standard InChI is InChI=1S/C25H21FN4OS/c1-16-24(32-25(28-16)19-7-4-12-27-14-19)22-11-10-18-6-3-9-21(23(18)29-22)30-31-15-17-5-2-8-20(26)13-17/h2,4-5,7-8,10-14H,3,6,9,15H2,1H3/b30-21+. The Labute approximate surface area is 189 Å². The Morgan fingerprint density at radius 1 is 1.09 bits per heavy atom. The number of thiazole rings is 1. The lowest BCUT2D eigenvalue weighted by Gasteiger charge is -2.17. The fourth-order valence-corrected chi connectivity index (χ4v) is 4.80. The second-order valence-electron chi connectivity index (χ2n) is 7.67. The highest BCUT2D eigenvalue weighted by Gasteiger charge is 2.20. The van der Waals surface area contributed by atoms with Gasteiger partial charge in [0.05, 0.1) is 22.0 Å². The largest absolute Gasteiger partial charge is 0.391 e. The molecular weight excluding hydrogens is 423 g/mol. The minimum atomic E-state index is -0.279. The average molecular weight is 445 g/mol. The van der Waals surface area contributed by atoms with Crippen LogP contribution in [0, 0.1) is 12.7 Å². The van der Waals surface area contributed by atoms with Crippen LogP contribution in [0.1, 0.15) is 35.4 Å². The quantitative estimate of drug-likeness (QED) is 0.356. The molecule has 3 aromatic heterocycles. The number of hydrogen-bond donors (Lipinski definition) is 0. The van der Waals surface area contributed by atoms with Crippen LogP contribution >= 0.6 is 11.3 Å². The maximum absolute atomic E-state index is 13.4. The van der Waals surface area contributed by atoms with Gasteiger partial charge in [-0.25, -0.2) is 14.4 Å². The van der Waals surface area contributed by atoms with Crippen LogP contribution in [0.4, 0.5) is 4.39 Å². The molecule has 4 aromatic rings. The molecule has 0 spiro atoms. The third-order valence-electron chi connectivity index (χ3n) is 5.34. The van der Waals surface area contributed by atoms with E-state index >= 15 is 0 Å². The summed E-state index contributed by atoms with van der Waals surface area (Å²) in [5.74, 6) is -0.279. The molecule has 1 aliphatic rings. The maximum Gasteiger partial charge on any atom is 0.142 e. The number of oxime groups is 1. The van der Waals surface area contributed by atoms with Gasteiger partial charge in [-0.3, -0.25) is 4.98 Å². The van der Waals surface area contributed by atoms with Crippen LogP contribution in [-0.2, 0) is 17.9 Å². The molecule has 0 amide bonds. The number of halogens is 1. The van der Waals surface area contributed by atoms with Crippen molar-refractivity contribution in [2.45, 2.75) is 32.8 Å². The topological polar surface area (TPSA) is 60.3 Å². The number of rotatable bonds is 5. The molecule has 5 nitrogen and oxygen atoms in total. The molecule has 160 valence electrons. The first kappa shape index (κ1) is 20.5. The second-order valence-corrected chi connectivity index (χ2v) is 8.67. The van der Waals surface area contributed by atoms with Crippen LogP contribution in [0.15, 0.2) is 66.1 Å². The van der Waals surface area contributed by atoms with E-state index in [4.69, 9.17) is 14.8 Å². The SMILES string of the molecule is Cc1nc(-c2cccnc2)sc1-c1ccc2c(n1)/C(=N/OCc1cccc(F)c1)CCC2. The third kappa shape index (κ3) is 4.29. The van der Waals surface area contributed by atoms with Gasteiger partial charge in [-0.2, -0.15) is 0 Å². The van der Waals surface area contributed by atoms with Crippen LogP contribution < -0.4 is 0 Å². The maximum atomic E-state index is 13.4. The molecule has 32 heavy (non-hydrogen) atoms. The van der Waals surface area contributed by atoms with Crippen LogP contribution in [0.3, 0.4) is 0 Å². The highest BCUT2D eigenvalue weighted by molar-refractivity contribution is 7.18. The predicted octanol–water partition coefficient (Wildman–Crippen LogP) is 5.97. The minimum Gasteiger partial charge on any atom is -0.391 e. The van der Waals surface area contributed by atoms with Gasteiger partial charge < -0.3 is 4.84 Å². The molecule has 0 unspecified atom stereocenters. The van der Waals surface area contributed by atoms with Gasteiger partial charge in [-0.1, -0.05) is 23.4 Å². The molecule has 0 N–H and O–H groups in total. The molecule has 0 bridgehead atoms. The summed E-state index contributed by atoms with van der Waals surface area (Å²) < 4.78 is 13.4. The fraction of sp³-hybridized carbons (Fsp3) is 0.200. The van der Waals surface area contributed by atoms with Crippen molar-refractivity contribution in [1.29, 1.82) is 0 Å². The Kier molecular flexibility index (Phi) is 5.73. The van der Waals surface area contributed by atoms with Gasteiger partial charge in [-0.05, 0) is 67.6 Å². The summed E-state index contributed by atoms with van der Waals surface area (Å²) in [5.41, 5.74) is 6.45. The van der Waals surface area contributed by atoms with Gasteiger partial charge in [0.25, 0.3) is 0 Å². The third-order valence-corrected chi connectivity index (χ3v) is 6.57. The van der Waals surface area contributed by atoms with Crippen LogP contribution in [0.2, 0.25) is 0 Å². The molecular formula is C25H21FN4OS. The molecule has 0 saturated heterocycles. The number of pyridine rings is 2. The number of aromatic nitrogens is 3. The Morgan fingerprint density at radius 3 is 2.88 bits per heavy atom. The lowest BCUT2D eigenvalue weighted by atomic mass is 9.94. The number of aryl methyl sites for hydroxylation is 2. The van der Waals surface area contributed by atoms with Gasteiger partial charge in [0, 0.05) is 18.0 Å². The zero-order valence-corrected chi connectivity index (χ0v) is 18.4. The number of hydrogen-bond acceptors (Lipinski definition) is 6. The highest BCUT2D eigenvalue weighted by atomic mass is 32.1. The van der Waals surface area contributed by atoms with E-state index in [2.05, 4.69) is 22.3 Å². The van der Waals surface area contributed by atoms with Gasteiger partial charge in [0.1, 0.15) is 23.1 Å². The molecule has 0 aliphatic heterocycles. The summed E-state index contributed by atoms with van der Waals surface area (Å²) >= 11 is 1.61. The van der Waals surface area contributed by atoms with Crippen molar-refractivity contribution in [2.75, 3.05) is 0 Å². The summed E-state index contributed by atoms with van der Waals surface area (Å²) in [6.45, 7) is 2.22. The molecule has 0 saturated carbocycles. The van der Waals surface area contributed by atoms with Crippen LogP contribution in [0.5, 0.6) is 0 Å². The first-order valence-electron chi connectivity index (χ1n) is 10.5. The number of nitrogens with zero attached hydrogens (tertiary/aromatic N) is 4. The van der Waals surface area contributed by atoms with E-state index in [-0.39, 0.29) is 12.4 Å². The van der Waals surface area contributed by atoms with Crippen molar-refractivity contribution in [3.8, 4) is 21.1 Å². The molecule has 5 rings (SSSR count). The lowest BCUT2D eigenvalue weighted by molar-refractivity contribution is 0.129. The Morgan fingerprint density at radius 2 is 2.03 bits per heavy atom. The van der Waals surface area contributed by atoms with E-state index < -0.39 is 0 Å². The van der Waals surface area contributed by atoms with E-state index in [1.54, 1.807) is 23.6 Å². The summed E-state index contributed by atoms with van der Waals surface area (Å²) in [6.07, 6.45) is 6.35. The second kappa shape index (κ2) is 8.96. The number of benzene rings is 1. The molecule has 0 atom stereocenters. The van der Waals surface area contributed by atoms with Crippen LogP contribution in [-0.4, -0.2) is 20.7 Å². The molecule has 1 aromatic carbocycles.